The van der Waals surface area contributed by atoms with Crippen LogP contribution < -0.4 is 0 Å². The third kappa shape index (κ3) is 4.17. The number of fused-ring (bicyclic) bond motifs is 9. The largest absolute Gasteiger partial charge is 0.456 e. The quantitative estimate of drug-likeness (QED) is 0.187. The number of nitrogens with zero attached hydrogens (tertiary/aromatic N) is 3. The van der Waals surface area contributed by atoms with Crippen molar-refractivity contribution in [2.24, 2.45) is 0 Å². The molecule has 4 heterocycles. The second-order valence-electron chi connectivity index (χ2n) is 13.3. The van der Waals surface area contributed by atoms with E-state index in [4.69, 9.17) is 18.8 Å². The number of hydrogen-bond donors (Lipinski definition) is 0. The van der Waals surface area contributed by atoms with Crippen LogP contribution in [0, 0.1) is 6.92 Å². The normalized spacial score (nSPS) is 11.9. The lowest BCUT2D eigenvalue weighted by atomic mass is 9.97. The van der Waals surface area contributed by atoms with Crippen molar-refractivity contribution in [1.29, 1.82) is 0 Å². The predicted octanol–water partition coefficient (Wildman–Crippen LogP) is 12.7. The monoisotopic (exact) mass is 667 g/mol. The van der Waals surface area contributed by atoms with Gasteiger partial charge in [0.1, 0.15) is 16.7 Å². The lowest BCUT2D eigenvalue weighted by Gasteiger charge is -2.14. The van der Waals surface area contributed by atoms with Gasteiger partial charge in [0, 0.05) is 54.6 Å². The number of para-hydroxylation sites is 4. The highest BCUT2D eigenvalue weighted by atomic mass is 16.3. The molecule has 0 bridgehead atoms. The first-order valence-electron chi connectivity index (χ1n) is 17.5. The lowest BCUT2D eigenvalue weighted by Crippen LogP contribution is -2.00. The molecule has 0 saturated heterocycles. The van der Waals surface area contributed by atoms with Crippen LogP contribution in [-0.4, -0.2) is 14.5 Å². The maximum absolute atomic E-state index is 6.84. The van der Waals surface area contributed by atoms with Crippen molar-refractivity contribution >= 4 is 65.7 Å². The first-order valence-corrected chi connectivity index (χ1v) is 17.5. The molecule has 0 aliphatic carbocycles. The predicted molar refractivity (Wildman–Crippen MR) is 212 cm³/mol. The summed E-state index contributed by atoms with van der Waals surface area (Å²) in [6, 6.07) is 54.6. The molecule has 52 heavy (non-hydrogen) atoms. The summed E-state index contributed by atoms with van der Waals surface area (Å²) in [6.07, 6.45) is 0. The fourth-order valence-corrected chi connectivity index (χ4v) is 8.04. The minimum Gasteiger partial charge on any atom is -0.456 e. The van der Waals surface area contributed by atoms with Crippen molar-refractivity contribution in [3.63, 3.8) is 0 Å². The molecule has 4 aromatic heterocycles. The maximum atomic E-state index is 6.84. The summed E-state index contributed by atoms with van der Waals surface area (Å²) in [5, 5.41) is 6.66. The molecule has 11 aromatic rings. The number of furan rings is 2. The van der Waals surface area contributed by atoms with E-state index in [9.17, 15) is 0 Å². The van der Waals surface area contributed by atoms with E-state index in [1.807, 2.05) is 24.3 Å². The van der Waals surface area contributed by atoms with E-state index in [-0.39, 0.29) is 0 Å². The van der Waals surface area contributed by atoms with E-state index in [0.29, 0.717) is 5.82 Å². The molecular formula is C47H29N3O2. The minimum absolute atomic E-state index is 0.637. The summed E-state index contributed by atoms with van der Waals surface area (Å²) < 4.78 is 15.5. The molecule has 0 N–H and O–H groups in total. The Bertz CT molecular complexity index is 3150. The fourth-order valence-electron chi connectivity index (χ4n) is 8.04. The van der Waals surface area contributed by atoms with Crippen LogP contribution >= 0.6 is 0 Å². The van der Waals surface area contributed by atoms with E-state index in [1.54, 1.807) is 0 Å². The lowest BCUT2D eigenvalue weighted by molar-refractivity contribution is 0.666. The van der Waals surface area contributed by atoms with Crippen LogP contribution in [0.4, 0.5) is 0 Å². The Morgan fingerprint density at radius 2 is 1.10 bits per heavy atom. The van der Waals surface area contributed by atoms with Gasteiger partial charge in [0.05, 0.1) is 28.1 Å². The zero-order valence-electron chi connectivity index (χ0n) is 28.2. The summed E-state index contributed by atoms with van der Waals surface area (Å²) in [5.41, 5.74) is 12.3. The number of benzene rings is 7. The van der Waals surface area contributed by atoms with Crippen LogP contribution in [0.25, 0.3) is 105 Å². The molecule has 0 spiro atoms. The molecular weight excluding hydrogens is 639 g/mol. The molecule has 7 aromatic carbocycles. The molecule has 0 fully saturated rings. The highest BCUT2D eigenvalue weighted by molar-refractivity contribution is 6.16. The summed E-state index contributed by atoms with van der Waals surface area (Å²) in [7, 11) is 0. The third-order valence-electron chi connectivity index (χ3n) is 10.4. The summed E-state index contributed by atoms with van der Waals surface area (Å²) >= 11 is 0. The second kappa shape index (κ2) is 11.0. The second-order valence-corrected chi connectivity index (χ2v) is 13.3. The Hall–Kier alpha value is -6.98. The first-order chi connectivity index (χ1) is 25.7. The molecule has 0 unspecified atom stereocenters. The van der Waals surface area contributed by atoms with E-state index in [0.717, 1.165) is 94.2 Å². The van der Waals surface area contributed by atoms with Gasteiger partial charge in [-0.3, -0.25) is 0 Å². The van der Waals surface area contributed by atoms with Crippen LogP contribution in [0.2, 0.25) is 0 Å². The van der Waals surface area contributed by atoms with Crippen molar-refractivity contribution in [2.75, 3.05) is 0 Å². The highest BCUT2D eigenvalue weighted by Crippen LogP contribution is 2.43. The molecule has 0 radical (unpaired) electrons. The molecule has 0 saturated carbocycles. The summed E-state index contributed by atoms with van der Waals surface area (Å²) in [5.74, 6) is 0.637. The smallest absolute Gasteiger partial charge is 0.160 e. The average Bonchev–Trinajstić information content (AvgIpc) is 3.88. The molecule has 0 amide bonds. The van der Waals surface area contributed by atoms with Gasteiger partial charge in [0.2, 0.25) is 0 Å². The Balaban J connectivity index is 1.17. The Labute approximate surface area is 298 Å². The number of rotatable bonds is 4. The Kier molecular flexibility index (Phi) is 6.10. The SMILES string of the molecule is Cc1c(-c2ccccc2)nc(-c2ccc3c(c2)oc2ccccc23)nc1-c1cccc2oc3c(-n4c5ccccc5c5ccccc54)cccc3c12. The summed E-state index contributed by atoms with van der Waals surface area (Å²) in [6.45, 7) is 2.12. The van der Waals surface area contributed by atoms with Gasteiger partial charge in [-0.15, -0.1) is 0 Å². The highest BCUT2D eigenvalue weighted by Gasteiger charge is 2.22. The third-order valence-corrected chi connectivity index (χ3v) is 10.4. The van der Waals surface area contributed by atoms with Crippen LogP contribution in [0.3, 0.4) is 0 Å². The zero-order valence-corrected chi connectivity index (χ0v) is 28.2. The molecule has 5 heteroatoms. The van der Waals surface area contributed by atoms with E-state index < -0.39 is 0 Å². The number of aromatic nitrogens is 3. The van der Waals surface area contributed by atoms with Crippen LogP contribution in [0.5, 0.6) is 0 Å². The standard InChI is InChI=1S/C47H29N3O2/c1-28-44(29-13-3-2-4-14-29)48-47(30-25-26-34-33-17-7-10-23-40(33)51-42(34)27-30)49-45(28)35-18-12-24-41-43(35)36-19-11-22-39(46(36)52-41)50-37-20-8-5-15-31(37)32-16-6-9-21-38(32)50/h2-27H,1H3. The molecule has 0 aliphatic rings. The van der Waals surface area contributed by atoms with Gasteiger partial charge in [-0.1, -0.05) is 115 Å². The van der Waals surface area contributed by atoms with Crippen molar-refractivity contribution in [1.82, 2.24) is 14.5 Å². The molecule has 5 nitrogen and oxygen atoms in total. The summed E-state index contributed by atoms with van der Waals surface area (Å²) in [4.78, 5) is 10.6. The van der Waals surface area contributed by atoms with Gasteiger partial charge >= 0.3 is 0 Å². The van der Waals surface area contributed by atoms with Gasteiger partial charge in [-0.05, 0) is 49.4 Å². The first kappa shape index (κ1) is 28.8. The van der Waals surface area contributed by atoms with E-state index in [1.165, 1.54) is 10.8 Å². The molecule has 0 aliphatic heterocycles. The van der Waals surface area contributed by atoms with Crippen LogP contribution in [0.15, 0.2) is 167 Å². The zero-order chi connectivity index (χ0) is 34.3. The van der Waals surface area contributed by atoms with Crippen LogP contribution in [-0.2, 0) is 0 Å². The van der Waals surface area contributed by atoms with Crippen molar-refractivity contribution in [3.8, 4) is 39.6 Å². The average molecular weight is 668 g/mol. The van der Waals surface area contributed by atoms with Gasteiger partial charge < -0.3 is 13.4 Å². The van der Waals surface area contributed by atoms with Crippen molar-refractivity contribution in [3.05, 3.63) is 163 Å². The van der Waals surface area contributed by atoms with Crippen molar-refractivity contribution in [2.45, 2.75) is 6.92 Å². The fraction of sp³-hybridized carbons (Fsp3) is 0.0213. The molecule has 0 atom stereocenters. The van der Waals surface area contributed by atoms with Gasteiger partial charge in [0.15, 0.2) is 11.4 Å². The minimum atomic E-state index is 0.637. The van der Waals surface area contributed by atoms with Gasteiger partial charge in [0.25, 0.3) is 0 Å². The number of hydrogen-bond acceptors (Lipinski definition) is 4. The van der Waals surface area contributed by atoms with Gasteiger partial charge in [-0.25, -0.2) is 9.97 Å². The van der Waals surface area contributed by atoms with Crippen LogP contribution in [0.1, 0.15) is 5.56 Å². The van der Waals surface area contributed by atoms with Gasteiger partial charge in [-0.2, -0.15) is 0 Å². The maximum Gasteiger partial charge on any atom is 0.160 e. The van der Waals surface area contributed by atoms with Crippen molar-refractivity contribution < 1.29 is 8.83 Å². The molecule has 244 valence electrons. The Morgan fingerprint density at radius 1 is 0.462 bits per heavy atom. The molecule has 11 rings (SSSR count). The Morgan fingerprint density at radius 3 is 1.90 bits per heavy atom. The topological polar surface area (TPSA) is 57.0 Å². The van der Waals surface area contributed by atoms with E-state index in [2.05, 4.69) is 145 Å². The van der Waals surface area contributed by atoms with E-state index >= 15 is 0 Å².